The van der Waals surface area contributed by atoms with Crippen LogP contribution in [-0.2, 0) is 6.54 Å². The fourth-order valence-electron chi connectivity index (χ4n) is 2.75. The van der Waals surface area contributed by atoms with Crippen molar-refractivity contribution in [2.24, 2.45) is 5.92 Å². The van der Waals surface area contributed by atoms with Gasteiger partial charge >= 0.3 is 0 Å². The summed E-state index contributed by atoms with van der Waals surface area (Å²) in [7, 11) is 0. The summed E-state index contributed by atoms with van der Waals surface area (Å²) in [5.41, 5.74) is 1.53. The standard InChI is InChI=1S/C20H20ClFN2OS/c1-12(2)11-24-19(25)17-10-15(21)6-9-18(17)23-20(24)26-13(3)14-4-7-16(22)8-5-14/h4-10,12-13H,11H2,1-3H3/t13-/m0/s1. The molecule has 0 spiro atoms. The Hall–Kier alpha value is -1.85. The Morgan fingerprint density at radius 1 is 1.15 bits per heavy atom. The molecule has 0 aliphatic rings. The van der Waals surface area contributed by atoms with Crippen molar-refractivity contribution in [3.63, 3.8) is 0 Å². The zero-order valence-corrected chi connectivity index (χ0v) is 16.4. The summed E-state index contributed by atoms with van der Waals surface area (Å²) in [6.45, 7) is 6.72. The van der Waals surface area contributed by atoms with Crippen LogP contribution < -0.4 is 5.56 Å². The average molecular weight is 391 g/mol. The van der Waals surface area contributed by atoms with Crippen molar-refractivity contribution in [3.8, 4) is 0 Å². The van der Waals surface area contributed by atoms with Gasteiger partial charge < -0.3 is 0 Å². The molecule has 0 bridgehead atoms. The average Bonchev–Trinajstić information content (AvgIpc) is 2.59. The van der Waals surface area contributed by atoms with E-state index in [0.717, 1.165) is 5.56 Å². The Morgan fingerprint density at radius 3 is 2.50 bits per heavy atom. The third kappa shape index (κ3) is 4.10. The quantitative estimate of drug-likeness (QED) is 0.414. The molecule has 0 fully saturated rings. The normalized spacial score (nSPS) is 12.7. The number of hydrogen-bond donors (Lipinski definition) is 0. The van der Waals surface area contributed by atoms with E-state index in [0.29, 0.717) is 33.5 Å². The highest BCUT2D eigenvalue weighted by atomic mass is 35.5. The number of hydrogen-bond acceptors (Lipinski definition) is 3. The second-order valence-electron chi connectivity index (χ2n) is 6.68. The van der Waals surface area contributed by atoms with Gasteiger partial charge in [0, 0.05) is 16.8 Å². The molecule has 0 amide bonds. The SMILES string of the molecule is CC(C)Cn1c(S[C@@H](C)c2ccc(F)cc2)nc2ccc(Cl)cc2c1=O. The van der Waals surface area contributed by atoms with Gasteiger partial charge in [-0.25, -0.2) is 9.37 Å². The summed E-state index contributed by atoms with van der Waals surface area (Å²) < 4.78 is 14.9. The molecule has 136 valence electrons. The number of rotatable bonds is 5. The maximum absolute atomic E-state index is 13.2. The van der Waals surface area contributed by atoms with Crippen molar-refractivity contribution in [2.75, 3.05) is 0 Å². The molecule has 0 aliphatic heterocycles. The highest BCUT2D eigenvalue weighted by Crippen LogP contribution is 2.34. The summed E-state index contributed by atoms with van der Waals surface area (Å²) in [6, 6.07) is 11.6. The van der Waals surface area contributed by atoms with E-state index in [-0.39, 0.29) is 16.6 Å². The lowest BCUT2D eigenvalue weighted by Gasteiger charge is -2.18. The molecule has 2 aromatic carbocycles. The van der Waals surface area contributed by atoms with Crippen LogP contribution in [-0.4, -0.2) is 9.55 Å². The summed E-state index contributed by atoms with van der Waals surface area (Å²) in [5.74, 6) is 0.0370. The minimum Gasteiger partial charge on any atom is -0.287 e. The number of benzene rings is 2. The highest BCUT2D eigenvalue weighted by molar-refractivity contribution is 7.99. The lowest BCUT2D eigenvalue weighted by Crippen LogP contribution is -2.25. The molecule has 3 rings (SSSR count). The van der Waals surface area contributed by atoms with Gasteiger partial charge in [-0.3, -0.25) is 9.36 Å². The second kappa shape index (κ2) is 7.80. The van der Waals surface area contributed by atoms with Crippen LogP contribution in [0, 0.1) is 11.7 Å². The number of nitrogens with zero attached hydrogens (tertiary/aromatic N) is 2. The third-order valence-electron chi connectivity index (χ3n) is 4.05. The number of aromatic nitrogens is 2. The Bertz CT molecular complexity index is 986. The van der Waals surface area contributed by atoms with Crippen molar-refractivity contribution in [1.29, 1.82) is 0 Å². The van der Waals surface area contributed by atoms with Gasteiger partial charge in [-0.05, 0) is 48.7 Å². The third-order valence-corrected chi connectivity index (χ3v) is 5.43. The smallest absolute Gasteiger partial charge is 0.262 e. The molecule has 1 atom stereocenters. The fourth-order valence-corrected chi connectivity index (χ4v) is 3.97. The van der Waals surface area contributed by atoms with Crippen molar-refractivity contribution < 1.29 is 4.39 Å². The predicted molar refractivity (Wildman–Crippen MR) is 107 cm³/mol. The van der Waals surface area contributed by atoms with E-state index < -0.39 is 0 Å². The fraction of sp³-hybridized carbons (Fsp3) is 0.300. The van der Waals surface area contributed by atoms with E-state index in [4.69, 9.17) is 16.6 Å². The minimum atomic E-state index is -0.261. The summed E-state index contributed by atoms with van der Waals surface area (Å²) in [4.78, 5) is 17.7. The van der Waals surface area contributed by atoms with Crippen LogP contribution >= 0.6 is 23.4 Å². The zero-order valence-electron chi connectivity index (χ0n) is 14.9. The van der Waals surface area contributed by atoms with Gasteiger partial charge in [-0.1, -0.05) is 49.3 Å². The van der Waals surface area contributed by atoms with Gasteiger partial charge in [-0.15, -0.1) is 0 Å². The molecular formula is C20H20ClFN2OS. The van der Waals surface area contributed by atoms with Crippen LogP contribution in [0.25, 0.3) is 10.9 Å². The van der Waals surface area contributed by atoms with Crippen LogP contribution in [0.15, 0.2) is 52.4 Å². The molecule has 1 aromatic heterocycles. The maximum atomic E-state index is 13.2. The van der Waals surface area contributed by atoms with Gasteiger partial charge in [0.2, 0.25) is 0 Å². The number of halogens is 2. The van der Waals surface area contributed by atoms with E-state index in [1.807, 2.05) is 6.92 Å². The number of fused-ring (bicyclic) bond motifs is 1. The maximum Gasteiger partial charge on any atom is 0.262 e. The van der Waals surface area contributed by atoms with E-state index in [1.165, 1.54) is 23.9 Å². The van der Waals surface area contributed by atoms with Gasteiger partial charge in [0.05, 0.1) is 10.9 Å². The highest BCUT2D eigenvalue weighted by Gasteiger charge is 2.17. The molecule has 6 heteroatoms. The van der Waals surface area contributed by atoms with Crippen LogP contribution in [0.3, 0.4) is 0 Å². The van der Waals surface area contributed by atoms with E-state index >= 15 is 0 Å². The van der Waals surface area contributed by atoms with Crippen LogP contribution in [0.1, 0.15) is 31.6 Å². The molecule has 1 heterocycles. The zero-order chi connectivity index (χ0) is 18.8. The van der Waals surface area contributed by atoms with Gasteiger partial charge in [0.15, 0.2) is 5.16 Å². The summed E-state index contributed by atoms with van der Waals surface area (Å²) >= 11 is 7.55. The van der Waals surface area contributed by atoms with E-state index in [1.54, 1.807) is 34.9 Å². The molecule has 26 heavy (non-hydrogen) atoms. The van der Waals surface area contributed by atoms with Crippen molar-refractivity contribution in [1.82, 2.24) is 9.55 Å². The number of thioether (sulfide) groups is 1. The largest absolute Gasteiger partial charge is 0.287 e. The van der Waals surface area contributed by atoms with E-state index in [9.17, 15) is 9.18 Å². The molecule has 0 saturated carbocycles. The molecule has 0 N–H and O–H groups in total. The Kier molecular flexibility index (Phi) is 5.68. The van der Waals surface area contributed by atoms with E-state index in [2.05, 4.69) is 13.8 Å². The predicted octanol–water partition coefficient (Wildman–Crippen LogP) is 5.70. The van der Waals surface area contributed by atoms with Gasteiger partial charge in [0.1, 0.15) is 5.82 Å². The summed E-state index contributed by atoms with van der Waals surface area (Å²) in [5, 5.41) is 1.74. The first-order valence-electron chi connectivity index (χ1n) is 8.47. The van der Waals surface area contributed by atoms with Crippen molar-refractivity contribution in [2.45, 2.75) is 37.7 Å². The molecule has 3 aromatic rings. The molecule has 0 saturated heterocycles. The minimum absolute atomic E-state index is 0.0330. The van der Waals surface area contributed by atoms with Crippen molar-refractivity contribution in [3.05, 3.63) is 69.2 Å². The Morgan fingerprint density at radius 2 is 1.85 bits per heavy atom. The molecule has 0 unspecified atom stereocenters. The van der Waals surface area contributed by atoms with Gasteiger partial charge in [0.25, 0.3) is 5.56 Å². The Balaban J connectivity index is 2.06. The van der Waals surface area contributed by atoms with Gasteiger partial charge in [-0.2, -0.15) is 0 Å². The first-order chi connectivity index (χ1) is 12.3. The molecule has 0 radical (unpaired) electrons. The second-order valence-corrected chi connectivity index (χ2v) is 8.42. The lowest BCUT2D eigenvalue weighted by atomic mass is 10.2. The van der Waals surface area contributed by atoms with Crippen LogP contribution in [0.2, 0.25) is 5.02 Å². The van der Waals surface area contributed by atoms with Crippen molar-refractivity contribution >= 4 is 34.3 Å². The summed E-state index contributed by atoms with van der Waals surface area (Å²) in [6.07, 6.45) is 0. The molecule has 0 aliphatic carbocycles. The molecule has 3 nitrogen and oxygen atoms in total. The molecular weight excluding hydrogens is 371 g/mol. The first kappa shape index (κ1) is 18.9. The Labute approximate surface area is 161 Å². The first-order valence-corrected chi connectivity index (χ1v) is 9.73. The van der Waals surface area contributed by atoms with Crippen LogP contribution in [0.4, 0.5) is 4.39 Å². The lowest BCUT2D eigenvalue weighted by molar-refractivity contribution is 0.475. The van der Waals surface area contributed by atoms with Crippen LogP contribution in [0.5, 0.6) is 0 Å². The topological polar surface area (TPSA) is 34.9 Å². The monoisotopic (exact) mass is 390 g/mol.